The van der Waals surface area contributed by atoms with Crippen LogP contribution in [0, 0.1) is 0 Å². The van der Waals surface area contributed by atoms with Gasteiger partial charge in [0.15, 0.2) is 5.78 Å². The maximum atomic E-state index is 12.6. The molecule has 5 nitrogen and oxygen atoms in total. The van der Waals surface area contributed by atoms with Crippen LogP contribution in [-0.2, 0) is 6.42 Å². The summed E-state index contributed by atoms with van der Waals surface area (Å²) >= 11 is 0. The molecule has 0 bridgehead atoms. The van der Waals surface area contributed by atoms with Crippen molar-refractivity contribution < 1.29 is 24.5 Å². The van der Waals surface area contributed by atoms with E-state index < -0.39 is 5.78 Å². The molecule has 120 valence electrons. The van der Waals surface area contributed by atoms with Crippen molar-refractivity contribution in [2.75, 3.05) is 14.2 Å². The lowest BCUT2D eigenvalue weighted by molar-refractivity contribution is 0.103. The summed E-state index contributed by atoms with van der Waals surface area (Å²) in [6.45, 7) is 3.63. The lowest BCUT2D eigenvalue weighted by Gasteiger charge is -2.13. The zero-order valence-corrected chi connectivity index (χ0v) is 13.0. The van der Waals surface area contributed by atoms with Crippen LogP contribution < -0.4 is 9.47 Å². The number of aromatic hydroxyl groups is 2. The Morgan fingerprint density at radius 2 is 1.83 bits per heavy atom. The van der Waals surface area contributed by atoms with Crippen molar-refractivity contribution in [2.24, 2.45) is 0 Å². The molecule has 2 aromatic carbocycles. The van der Waals surface area contributed by atoms with Crippen LogP contribution in [0.15, 0.2) is 43.0 Å². The van der Waals surface area contributed by atoms with Crippen molar-refractivity contribution in [3.05, 3.63) is 59.7 Å². The van der Waals surface area contributed by atoms with Gasteiger partial charge in [-0.3, -0.25) is 4.79 Å². The molecule has 0 unspecified atom stereocenters. The summed E-state index contributed by atoms with van der Waals surface area (Å²) in [5.41, 5.74) is 0.639. The molecule has 0 radical (unpaired) electrons. The molecule has 23 heavy (non-hydrogen) atoms. The highest BCUT2D eigenvalue weighted by Gasteiger charge is 2.21. The molecule has 0 aliphatic heterocycles. The fourth-order valence-corrected chi connectivity index (χ4v) is 2.31. The molecule has 5 heteroatoms. The normalized spacial score (nSPS) is 10.2. The Hall–Kier alpha value is -2.95. The number of ketones is 1. The molecular weight excluding hydrogens is 296 g/mol. The molecular formula is C18H18O5. The van der Waals surface area contributed by atoms with Crippen molar-refractivity contribution in [1.82, 2.24) is 0 Å². The number of ether oxygens (including phenoxy) is 2. The molecule has 2 N–H and O–H groups in total. The van der Waals surface area contributed by atoms with E-state index in [0.29, 0.717) is 23.5 Å². The minimum absolute atomic E-state index is 0.0795. The average molecular weight is 314 g/mol. The van der Waals surface area contributed by atoms with Crippen molar-refractivity contribution in [1.29, 1.82) is 0 Å². The molecule has 0 aliphatic rings. The van der Waals surface area contributed by atoms with E-state index in [0.717, 1.165) is 0 Å². The summed E-state index contributed by atoms with van der Waals surface area (Å²) in [6, 6.07) is 7.43. The van der Waals surface area contributed by atoms with Crippen molar-refractivity contribution in [3.63, 3.8) is 0 Å². The number of methoxy groups -OCH3 is 2. The van der Waals surface area contributed by atoms with Crippen LogP contribution in [0.25, 0.3) is 0 Å². The number of phenols is 2. The Morgan fingerprint density at radius 3 is 2.39 bits per heavy atom. The standard InChI is InChI=1S/C18H18O5/c1-4-5-13-16(23-3)9-8-14(18(13)21)17(20)12-7-6-11(22-2)10-15(12)19/h4,6-10,19,21H,1,5H2,2-3H3. The quantitative estimate of drug-likeness (QED) is 0.633. The number of rotatable bonds is 6. The van der Waals surface area contributed by atoms with E-state index >= 15 is 0 Å². The molecule has 0 heterocycles. The van der Waals surface area contributed by atoms with E-state index in [1.54, 1.807) is 18.2 Å². The topological polar surface area (TPSA) is 76.0 Å². The number of allylic oxidation sites excluding steroid dienone is 1. The largest absolute Gasteiger partial charge is 0.507 e. The predicted octanol–water partition coefficient (Wildman–Crippen LogP) is 3.07. The minimum Gasteiger partial charge on any atom is -0.507 e. The molecule has 0 aromatic heterocycles. The number of phenolic OH excluding ortho intramolecular Hbond substituents is 2. The van der Waals surface area contributed by atoms with Crippen molar-refractivity contribution >= 4 is 5.78 Å². The third-order valence-corrected chi connectivity index (χ3v) is 3.50. The van der Waals surface area contributed by atoms with Crippen LogP contribution in [0.1, 0.15) is 21.5 Å². The number of carbonyl (C=O) groups excluding carboxylic acids is 1. The predicted molar refractivity (Wildman–Crippen MR) is 86.7 cm³/mol. The Kier molecular flexibility index (Phi) is 4.91. The van der Waals surface area contributed by atoms with Crippen molar-refractivity contribution in [2.45, 2.75) is 6.42 Å². The molecule has 0 aliphatic carbocycles. The van der Waals surface area contributed by atoms with Crippen LogP contribution in [0.3, 0.4) is 0 Å². The van der Waals surface area contributed by atoms with Gasteiger partial charge in [0.05, 0.1) is 25.3 Å². The van der Waals surface area contributed by atoms with Crippen molar-refractivity contribution in [3.8, 4) is 23.0 Å². The van der Waals surface area contributed by atoms with Gasteiger partial charge in [0, 0.05) is 11.6 Å². The van der Waals surface area contributed by atoms with E-state index in [1.807, 2.05) is 0 Å². The zero-order valence-electron chi connectivity index (χ0n) is 13.0. The molecule has 0 spiro atoms. The summed E-state index contributed by atoms with van der Waals surface area (Å²) in [6.07, 6.45) is 1.96. The highest BCUT2D eigenvalue weighted by Crippen LogP contribution is 2.35. The fraction of sp³-hybridized carbons (Fsp3) is 0.167. The van der Waals surface area contributed by atoms with Gasteiger partial charge in [-0.1, -0.05) is 6.08 Å². The molecule has 0 saturated heterocycles. The first-order valence-corrected chi connectivity index (χ1v) is 6.94. The van der Waals surface area contributed by atoms with E-state index in [9.17, 15) is 15.0 Å². The Morgan fingerprint density at radius 1 is 1.13 bits per heavy atom. The third-order valence-electron chi connectivity index (χ3n) is 3.50. The van der Waals surface area contributed by atoms with E-state index in [1.165, 1.54) is 32.4 Å². The number of benzene rings is 2. The van der Waals surface area contributed by atoms with Crippen LogP contribution in [0.5, 0.6) is 23.0 Å². The summed E-state index contributed by atoms with van der Waals surface area (Å²) in [4.78, 5) is 12.6. The summed E-state index contributed by atoms with van der Waals surface area (Å²) in [7, 11) is 2.95. The second kappa shape index (κ2) is 6.87. The molecule has 2 rings (SSSR count). The first kappa shape index (κ1) is 16.4. The van der Waals surface area contributed by atoms with Gasteiger partial charge in [0.2, 0.25) is 0 Å². The van der Waals surface area contributed by atoms with Crippen LogP contribution in [0.4, 0.5) is 0 Å². The van der Waals surface area contributed by atoms with Crippen LogP contribution in [-0.4, -0.2) is 30.2 Å². The molecule has 0 saturated carbocycles. The minimum atomic E-state index is -0.490. The van der Waals surface area contributed by atoms with Crippen LogP contribution >= 0.6 is 0 Å². The maximum Gasteiger partial charge on any atom is 0.200 e. The first-order chi connectivity index (χ1) is 11.0. The first-order valence-electron chi connectivity index (χ1n) is 6.94. The Bertz CT molecular complexity index is 749. The lowest BCUT2D eigenvalue weighted by Crippen LogP contribution is -2.05. The summed E-state index contributed by atoms with van der Waals surface area (Å²) < 4.78 is 10.2. The van der Waals surface area contributed by atoms with Gasteiger partial charge in [-0.05, 0) is 30.7 Å². The van der Waals surface area contributed by atoms with E-state index in [2.05, 4.69) is 6.58 Å². The second-order valence-electron chi connectivity index (χ2n) is 4.85. The van der Waals surface area contributed by atoms with Gasteiger partial charge in [0.25, 0.3) is 0 Å². The maximum absolute atomic E-state index is 12.6. The average Bonchev–Trinajstić information content (AvgIpc) is 2.56. The highest BCUT2D eigenvalue weighted by atomic mass is 16.5. The van der Waals surface area contributed by atoms with Gasteiger partial charge in [-0.25, -0.2) is 0 Å². The molecule has 0 amide bonds. The second-order valence-corrected chi connectivity index (χ2v) is 4.85. The fourth-order valence-electron chi connectivity index (χ4n) is 2.31. The molecule has 2 aromatic rings. The monoisotopic (exact) mass is 314 g/mol. The zero-order chi connectivity index (χ0) is 17.0. The van der Waals surface area contributed by atoms with E-state index in [-0.39, 0.29) is 22.6 Å². The molecule has 0 atom stereocenters. The van der Waals surface area contributed by atoms with Gasteiger partial charge in [-0.2, -0.15) is 0 Å². The van der Waals surface area contributed by atoms with E-state index in [4.69, 9.17) is 9.47 Å². The summed E-state index contributed by atoms with van der Waals surface area (Å²) in [5.74, 6) is 0.0261. The Balaban J connectivity index is 2.51. The number of carbonyl (C=O) groups is 1. The highest BCUT2D eigenvalue weighted by molar-refractivity contribution is 6.12. The van der Waals surface area contributed by atoms with Gasteiger partial charge in [0.1, 0.15) is 23.0 Å². The lowest BCUT2D eigenvalue weighted by atomic mass is 9.97. The van der Waals surface area contributed by atoms with Gasteiger partial charge >= 0.3 is 0 Å². The third kappa shape index (κ3) is 3.13. The Labute approximate surface area is 134 Å². The SMILES string of the molecule is C=CCc1c(OC)ccc(C(=O)c2ccc(OC)cc2O)c1O. The molecule has 0 fully saturated rings. The van der Waals surface area contributed by atoms with Gasteiger partial charge < -0.3 is 19.7 Å². The van der Waals surface area contributed by atoms with Gasteiger partial charge in [-0.15, -0.1) is 6.58 Å². The van der Waals surface area contributed by atoms with Crippen LogP contribution in [0.2, 0.25) is 0 Å². The smallest absolute Gasteiger partial charge is 0.200 e. The number of hydrogen-bond donors (Lipinski definition) is 2. The number of hydrogen-bond acceptors (Lipinski definition) is 5. The summed E-state index contributed by atoms with van der Waals surface area (Å²) in [5, 5.41) is 20.4.